The zero-order valence-electron chi connectivity index (χ0n) is 11.0. The Bertz CT molecular complexity index is 726. The number of nitrogens with one attached hydrogen (secondary N) is 1. The number of para-hydroxylation sites is 3. The summed E-state index contributed by atoms with van der Waals surface area (Å²) in [4.78, 5) is 13.3. The van der Waals surface area contributed by atoms with Gasteiger partial charge >= 0.3 is 6.09 Å². The fourth-order valence-corrected chi connectivity index (χ4v) is 1.82. The van der Waals surface area contributed by atoms with Crippen molar-refractivity contribution < 1.29 is 9.53 Å². The molecule has 0 spiro atoms. The van der Waals surface area contributed by atoms with Crippen LogP contribution in [0.4, 0.5) is 10.5 Å². The average Bonchev–Trinajstić information content (AvgIpc) is 3.03. The number of anilines is 1. The summed E-state index contributed by atoms with van der Waals surface area (Å²) in [6, 6.07) is 16.1. The van der Waals surface area contributed by atoms with Gasteiger partial charge in [-0.05, 0) is 24.3 Å². The van der Waals surface area contributed by atoms with Gasteiger partial charge in [0.25, 0.3) is 0 Å². The highest BCUT2D eigenvalue weighted by molar-refractivity contribution is 5.88. The fraction of sp³-hybridized carbons (Fsp3) is 0. The van der Waals surface area contributed by atoms with E-state index in [9.17, 15) is 4.79 Å². The molecule has 104 valence electrons. The van der Waals surface area contributed by atoms with E-state index in [4.69, 9.17) is 4.74 Å². The number of carbonyl (C=O) groups excluding carboxylic acids is 1. The average molecular weight is 280 g/mol. The minimum Gasteiger partial charge on any atom is -0.410 e. The number of rotatable bonds is 3. The van der Waals surface area contributed by atoms with Crippen LogP contribution in [0.5, 0.6) is 5.75 Å². The van der Waals surface area contributed by atoms with Crippen molar-refractivity contribution in [3.05, 3.63) is 67.0 Å². The molecule has 21 heavy (non-hydrogen) atoms. The largest absolute Gasteiger partial charge is 0.417 e. The van der Waals surface area contributed by atoms with Crippen molar-refractivity contribution in [2.24, 2.45) is 0 Å². The number of ether oxygens (including phenoxy) is 1. The zero-order chi connectivity index (χ0) is 14.5. The van der Waals surface area contributed by atoms with Crippen LogP contribution in [0.25, 0.3) is 5.69 Å². The molecule has 1 N–H and O–H groups in total. The van der Waals surface area contributed by atoms with Gasteiger partial charge in [-0.1, -0.05) is 30.3 Å². The topological polar surface area (TPSA) is 69.0 Å². The Morgan fingerprint density at radius 2 is 1.62 bits per heavy atom. The predicted molar refractivity (Wildman–Crippen MR) is 77.4 cm³/mol. The lowest BCUT2D eigenvalue weighted by molar-refractivity contribution is 0.215. The van der Waals surface area contributed by atoms with E-state index in [1.54, 1.807) is 48.8 Å². The summed E-state index contributed by atoms with van der Waals surface area (Å²) < 4.78 is 5.19. The SMILES string of the molecule is O=C(Nc1ccccc1-n1nccn1)Oc1ccccc1. The second kappa shape index (κ2) is 5.87. The third kappa shape index (κ3) is 3.06. The molecule has 3 rings (SSSR count). The molecule has 0 aliphatic rings. The molecular weight excluding hydrogens is 268 g/mol. The maximum Gasteiger partial charge on any atom is 0.417 e. The van der Waals surface area contributed by atoms with E-state index in [1.165, 1.54) is 4.80 Å². The third-order valence-electron chi connectivity index (χ3n) is 2.73. The number of hydrogen-bond acceptors (Lipinski definition) is 4. The van der Waals surface area contributed by atoms with Crippen LogP contribution >= 0.6 is 0 Å². The zero-order valence-corrected chi connectivity index (χ0v) is 11.0. The van der Waals surface area contributed by atoms with Crippen LogP contribution < -0.4 is 10.1 Å². The molecule has 0 saturated heterocycles. The second-order valence-corrected chi connectivity index (χ2v) is 4.16. The highest BCUT2D eigenvalue weighted by Gasteiger charge is 2.10. The van der Waals surface area contributed by atoms with Gasteiger partial charge in [-0.2, -0.15) is 10.2 Å². The molecule has 0 aliphatic heterocycles. The number of carbonyl (C=O) groups is 1. The number of nitrogens with zero attached hydrogens (tertiary/aromatic N) is 3. The van der Waals surface area contributed by atoms with Gasteiger partial charge in [0, 0.05) is 0 Å². The maximum atomic E-state index is 11.9. The van der Waals surface area contributed by atoms with Crippen LogP contribution in [-0.2, 0) is 0 Å². The molecule has 6 nitrogen and oxygen atoms in total. The smallest absolute Gasteiger partial charge is 0.410 e. The van der Waals surface area contributed by atoms with Gasteiger partial charge in [0.2, 0.25) is 0 Å². The van der Waals surface area contributed by atoms with Crippen molar-refractivity contribution in [3.63, 3.8) is 0 Å². The van der Waals surface area contributed by atoms with Gasteiger partial charge in [-0.25, -0.2) is 4.79 Å². The molecule has 0 fully saturated rings. The lowest BCUT2D eigenvalue weighted by Gasteiger charge is -2.10. The van der Waals surface area contributed by atoms with Gasteiger partial charge in [0.05, 0.1) is 18.1 Å². The molecule has 0 unspecified atom stereocenters. The van der Waals surface area contributed by atoms with Crippen LogP contribution in [0.15, 0.2) is 67.0 Å². The third-order valence-corrected chi connectivity index (χ3v) is 2.73. The van der Waals surface area contributed by atoms with Gasteiger partial charge in [0.15, 0.2) is 0 Å². The number of hydrogen-bond donors (Lipinski definition) is 1. The molecule has 0 radical (unpaired) electrons. The summed E-state index contributed by atoms with van der Waals surface area (Å²) in [5.41, 5.74) is 1.22. The standard InChI is InChI=1S/C15H12N4O2/c20-15(21-12-6-2-1-3-7-12)18-13-8-4-5-9-14(13)19-16-10-11-17-19/h1-11H,(H,18,20). The summed E-state index contributed by atoms with van der Waals surface area (Å²) in [5, 5.41) is 10.8. The highest BCUT2D eigenvalue weighted by atomic mass is 16.6. The molecule has 3 aromatic rings. The quantitative estimate of drug-likeness (QED) is 0.801. The Kier molecular flexibility index (Phi) is 3.60. The van der Waals surface area contributed by atoms with Crippen LogP contribution in [0.3, 0.4) is 0 Å². The monoisotopic (exact) mass is 280 g/mol. The van der Waals surface area contributed by atoms with Gasteiger partial charge < -0.3 is 4.74 Å². The van der Waals surface area contributed by atoms with E-state index in [2.05, 4.69) is 15.5 Å². The first kappa shape index (κ1) is 12.9. The lowest BCUT2D eigenvalue weighted by atomic mass is 10.3. The minimum absolute atomic E-state index is 0.477. The predicted octanol–water partition coefficient (Wildman–Crippen LogP) is 2.88. The fourth-order valence-electron chi connectivity index (χ4n) is 1.82. The van der Waals surface area contributed by atoms with Crippen molar-refractivity contribution >= 4 is 11.8 Å². The van der Waals surface area contributed by atoms with Crippen molar-refractivity contribution in [1.29, 1.82) is 0 Å². The van der Waals surface area contributed by atoms with E-state index in [0.717, 1.165) is 0 Å². The molecule has 0 bridgehead atoms. The molecule has 0 saturated carbocycles. The molecule has 0 aliphatic carbocycles. The Balaban J connectivity index is 1.78. The van der Waals surface area contributed by atoms with E-state index < -0.39 is 6.09 Å². The van der Waals surface area contributed by atoms with E-state index in [-0.39, 0.29) is 0 Å². The van der Waals surface area contributed by atoms with Crippen molar-refractivity contribution in [3.8, 4) is 11.4 Å². The van der Waals surface area contributed by atoms with Crippen LogP contribution in [0.2, 0.25) is 0 Å². The molecule has 1 aromatic heterocycles. The van der Waals surface area contributed by atoms with Gasteiger partial charge in [0.1, 0.15) is 11.4 Å². The Hall–Kier alpha value is -3.15. The normalized spacial score (nSPS) is 10.1. The summed E-state index contributed by atoms with van der Waals surface area (Å²) in [7, 11) is 0. The number of aromatic nitrogens is 3. The van der Waals surface area contributed by atoms with Crippen molar-refractivity contribution in [2.75, 3.05) is 5.32 Å². The maximum absolute atomic E-state index is 11.9. The van der Waals surface area contributed by atoms with Crippen molar-refractivity contribution in [1.82, 2.24) is 15.0 Å². The first-order valence-corrected chi connectivity index (χ1v) is 6.32. The number of benzene rings is 2. The first-order chi connectivity index (χ1) is 10.3. The van der Waals surface area contributed by atoms with Crippen LogP contribution in [0.1, 0.15) is 0 Å². The molecule has 1 amide bonds. The van der Waals surface area contributed by atoms with Crippen molar-refractivity contribution in [2.45, 2.75) is 0 Å². The highest BCUT2D eigenvalue weighted by Crippen LogP contribution is 2.19. The van der Waals surface area contributed by atoms with Crippen LogP contribution in [0, 0.1) is 0 Å². The van der Waals surface area contributed by atoms with E-state index in [0.29, 0.717) is 17.1 Å². The molecule has 6 heteroatoms. The first-order valence-electron chi connectivity index (χ1n) is 6.32. The minimum atomic E-state index is -0.569. The molecule has 2 aromatic carbocycles. The molecule has 0 atom stereocenters. The summed E-state index contributed by atoms with van der Waals surface area (Å²) in [6.45, 7) is 0. The molecule has 1 heterocycles. The Morgan fingerprint density at radius 1 is 0.952 bits per heavy atom. The number of amides is 1. The van der Waals surface area contributed by atoms with Gasteiger partial charge in [-0.3, -0.25) is 5.32 Å². The summed E-state index contributed by atoms with van der Waals surface area (Å²) in [6.07, 6.45) is 2.57. The van der Waals surface area contributed by atoms with Gasteiger partial charge in [-0.15, -0.1) is 4.80 Å². The van der Waals surface area contributed by atoms with E-state index >= 15 is 0 Å². The van der Waals surface area contributed by atoms with E-state index in [1.807, 2.05) is 18.2 Å². The summed E-state index contributed by atoms with van der Waals surface area (Å²) >= 11 is 0. The second-order valence-electron chi connectivity index (χ2n) is 4.16. The molecular formula is C15H12N4O2. The Morgan fingerprint density at radius 3 is 2.38 bits per heavy atom. The lowest BCUT2D eigenvalue weighted by Crippen LogP contribution is -2.18. The van der Waals surface area contributed by atoms with Crippen LogP contribution in [-0.4, -0.2) is 21.1 Å². The summed E-state index contributed by atoms with van der Waals surface area (Å²) in [5.74, 6) is 0.477. The Labute approximate surface area is 121 Å².